The fourth-order valence-corrected chi connectivity index (χ4v) is 3.00. The van der Waals surface area contributed by atoms with Crippen molar-refractivity contribution in [3.8, 4) is 0 Å². The van der Waals surface area contributed by atoms with E-state index < -0.39 is 0 Å². The van der Waals surface area contributed by atoms with Crippen LogP contribution in [0.25, 0.3) is 0 Å². The third-order valence-electron chi connectivity index (χ3n) is 4.68. The van der Waals surface area contributed by atoms with Crippen LogP contribution in [0.1, 0.15) is 46.0 Å². The van der Waals surface area contributed by atoms with Crippen molar-refractivity contribution in [2.45, 2.75) is 58.0 Å². The molecule has 0 aromatic carbocycles. The van der Waals surface area contributed by atoms with E-state index in [-0.39, 0.29) is 0 Å². The third-order valence-corrected chi connectivity index (χ3v) is 4.68. The van der Waals surface area contributed by atoms with Gasteiger partial charge in [-0.25, -0.2) is 0 Å². The summed E-state index contributed by atoms with van der Waals surface area (Å²) in [5.41, 5.74) is 0. The predicted octanol–water partition coefficient (Wildman–Crippen LogP) is 2.49. The molecule has 0 aromatic heterocycles. The van der Waals surface area contributed by atoms with Crippen LogP contribution in [0.3, 0.4) is 0 Å². The summed E-state index contributed by atoms with van der Waals surface area (Å²) in [5.74, 6) is 1.92. The monoisotopic (exact) mass is 224 g/mol. The fourth-order valence-electron chi connectivity index (χ4n) is 3.00. The van der Waals surface area contributed by atoms with Gasteiger partial charge in [0.05, 0.1) is 0 Å². The van der Waals surface area contributed by atoms with Gasteiger partial charge < -0.3 is 10.2 Å². The Morgan fingerprint density at radius 3 is 2.50 bits per heavy atom. The van der Waals surface area contributed by atoms with Crippen LogP contribution in [-0.2, 0) is 0 Å². The van der Waals surface area contributed by atoms with E-state index >= 15 is 0 Å². The standard InChI is InChI=1S/C14H28N2/c1-4-9-15-10-13-7-8-14(13)16(3)11(2)12-5-6-12/h11-15H,4-10H2,1-3H3. The molecule has 0 bridgehead atoms. The minimum absolute atomic E-state index is 0.818. The highest BCUT2D eigenvalue weighted by atomic mass is 15.2. The maximum absolute atomic E-state index is 3.58. The first-order valence-electron chi connectivity index (χ1n) is 7.16. The lowest BCUT2D eigenvalue weighted by Gasteiger charge is -2.45. The normalized spacial score (nSPS) is 31.5. The Labute approximate surface area is 101 Å². The first-order valence-corrected chi connectivity index (χ1v) is 7.16. The Balaban J connectivity index is 1.71. The Morgan fingerprint density at radius 2 is 2.00 bits per heavy atom. The summed E-state index contributed by atoms with van der Waals surface area (Å²) in [4.78, 5) is 2.67. The van der Waals surface area contributed by atoms with Gasteiger partial charge in [-0.2, -0.15) is 0 Å². The molecular formula is C14H28N2. The summed E-state index contributed by atoms with van der Waals surface area (Å²) in [7, 11) is 2.35. The molecule has 3 atom stereocenters. The zero-order valence-corrected chi connectivity index (χ0v) is 11.2. The van der Waals surface area contributed by atoms with Crippen molar-refractivity contribution in [3.05, 3.63) is 0 Å². The van der Waals surface area contributed by atoms with Crippen molar-refractivity contribution >= 4 is 0 Å². The number of rotatable bonds is 7. The molecule has 0 aromatic rings. The molecule has 94 valence electrons. The summed E-state index contributed by atoms with van der Waals surface area (Å²) in [6.07, 6.45) is 7.05. The van der Waals surface area contributed by atoms with E-state index in [4.69, 9.17) is 0 Å². The number of nitrogens with one attached hydrogen (secondary N) is 1. The lowest BCUT2D eigenvalue weighted by Crippen LogP contribution is -2.52. The van der Waals surface area contributed by atoms with Gasteiger partial charge >= 0.3 is 0 Å². The number of hydrogen-bond acceptors (Lipinski definition) is 2. The average Bonchev–Trinajstić information content (AvgIpc) is 3.05. The fraction of sp³-hybridized carbons (Fsp3) is 1.00. The molecule has 2 rings (SSSR count). The summed E-state index contributed by atoms with van der Waals surface area (Å²) in [5, 5.41) is 3.58. The van der Waals surface area contributed by atoms with E-state index in [1.165, 1.54) is 45.2 Å². The molecule has 2 fully saturated rings. The van der Waals surface area contributed by atoms with Crippen LogP contribution >= 0.6 is 0 Å². The van der Waals surface area contributed by atoms with Crippen molar-refractivity contribution in [1.82, 2.24) is 10.2 Å². The van der Waals surface area contributed by atoms with Crippen LogP contribution in [0.5, 0.6) is 0 Å². The van der Waals surface area contributed by atoms with E-state index in [0.717, 1.165) is 23.9 Å². The lowest BCUT2D eigenvalue weighted by atomic mass is 9.78. The van der Waals surface area contributed by atoms with E-state index in [2.05, 4.69) is 31.1 Å². The second kappa shape index (κ2) is 5.50. The van der Waals surface area contributed by atoms with Crippen molar-refractivity contribution in [1.29, 1.82) is 0 Å². The predicted molar refractivity (Wildman–Crippen MR) is 69.6 cm³/mol. The quantitative estimate of drug-likeness (QED) is 0.668. The minimum atomic E-state index is 0.818. The molecule has 0 radical (unpaired) electrons. The Morgan fingerprint density at radius 1 is 1.25 bits per heavy atom. The SMILES string of the molecule is CCCNCC1CCC1N(C)C(C)C1CC1. The summed E-state index contributed by atoms with van der Waals surface area (Å²) < 4.78 is 0. The zero-order valence-electron chi connectivity index (χ0n) is 11.2. The first kappa shape index (κ1) is 12.4. The molecule has 2 aliphatic carbocycles. The molecule has 3 unspecified atom stereocenters. The van der Waals surface area contributed by atoms with Gasteiger partial charge in [0.1, 0.15) is 0 Å². The van der Waals surface area contributed by atoms with Crippen LogP contribution in [0.4, 0.5) is 0 Å². The maximum atomic E-state index is 3.58. The molecule has 2 heteroatoms. The maximum Gasteiger partial charge on any atom is 0.0136 e. The molecule has 0 saturated heterocycles. The largest absolute Gasteiger partial charge is 0.316 e. The first-order chi connectivity index (χ1) is 7.74. The smallest absolute Gasteiger partial charge is 0.0136 e. The van der Waals surface area contributed by atoms with Gasteiger partial charge in [-0.1, -0.05) is 6.92 Å². The zero-order chi connectivity index (χ0) is 11.5. The van der Waals surface area contributed by atoms with E-state index in [0.29, 0.717) is 0 Å². The van der Waals surface area contributed by atoms with Crippen LogP contribution < -0.4 is 5.32 Å². The van der Waals surface area contributed by atoms with E-state index in [1.54, 1.807) is 0 Å². The van der Waals surface area contributed by atoms with E-state index in [9.17, 15) is 0 Å². The molecule has 1 N–H and O–H groups in total. The second-order valence-electron chi connectivity index (χ2n) is 5.85. The molecular weight excluding hydrogens is 196 g/mol. The van der Waals surface area contributed by atoms with Crippen LogP contribution in [0.15, 0.2) is 0 Å². The van der Waals surface area contributed by atoms with Crippen LogP contribution in [0, 0.1) is 11.8 Å². The topological polar surface area (TPSA) is 15.3 Å². The average molecular weight is 224 g/mol. The van der Waals surface area contributed by atoms with Gasteiger partial charge in [-0.3, -0.25) is 0 Å². The Kier molecular flexibility index (Phi) is 4.26. The number of nitrogens with zero attached hydrogens (tertiary/aromatic N) is 1. The highest BCUT2D eigenvalue weighted by Crippen LogP contribution is 2.39. The molecule has 0 amide bonds. The molecule has 2 saturated carbocycles. The summed E-state index contributed by atoms with van der Waals surface area (Å²) in [6.45, 7) is 7.09. The highest BCUT2D eigenvalue weighted by Gasteiger charge is 2.39. The van der Waals surface area contributed by atoms with Gasteiger partial charge in [0, 0.05) is 12.1 Å². The third kappa shape index (κ3) is 2.78. The molecule has 2 aliphatic rings. The molecule has 0 heterocycles. The van der Waals surface area contributed by atoms with Gasteiger partial charge in [-0.05, 0) is 71.0 Å². The number of hydrogen-bond donors (Lipinski definition) is 1. The molecule has 16 heavy (non-hydrogen) atoms. The molecule has 0 spiro atoms. The van der Waals surface area contributed by atoms with Gasteiger partial charge in [0.25, 0.3) is 0 Å². The molecule has 0 aliphatic heterocycles. The van der Waals surface area contributed by atoms with E-state index in [1.807, 2.05) is 0 Å². The second-order valence-corrected chi connectivity index (χ2v) is 5.85. The van der Waals surface area contributed by atoms with Crippen molar-refractivity contribution in [3.63, 3.8) is 0 Å². The van der Waals surface area contributed by atoms with Gasteiger partial charge in [0.2, 0.25) is 0 Å². The Bertz CT molecular complexity index is 213. The van der Waals surface area contributed by atoms with Crippen LogP contribution in [-0.4, -0.2) is 37.1 Å². The lowest BCUT2D eigenvalue weighted by molar-refractivity contribution is 0.0482. The van der Waals surface area contributed by atoms with Crippen molar-refractivity contribution < 1.29 is 0 Å². The Hall–Kier alpha value is -0.0800. The van der Waals surface area contributed by atoms with Crippen molar-refractivity contribution in [2.24, 2.45) is 11.8 Å². The minimum Gasteiger partial charge on any atom is -0.316 e. The molecule has 2 nitrogen and oxygen atoms in total. The van der Waals surface area contributed by atoms with Gasteiger partial charge in [-0.15, -0.1) is 0 Å². The highest BCUT2D eigenvalue weighted by molar-refractivity contribution is 4.94. The summed E-state index contributed by atoms with van der Waals surface area (Å²) >= 11 is 0. The van der Waals surface area contributed by atoms with Crippen LogP contribution in [0.2, 0.25) is 0 Å². The summed E-state index contributed by atoms with van der Waals surface area (Å²) in [6, 6.07) is 1.68. The van der Waals surface area contributed by atoms with Crippen molar-refractivity contribution in [2.75, 3.05) is 20.1 Å². The van der Waals surface area contributed by atoms with Gasteiger partial charge in [0.15, 0.2) is 0 Å².